The number of carbonyl (C=O) groups is 2. The van der Waals surface area contributed by atoms with Crippen molar-refractivity contribution in [3.63, 3.8) is 0 Å². The summed E-state index contributed by atoms with van der Waals surface area (Å²) in [5, 5.41) is 14.3. The molecular weight excluding hydrogens is 334 g/mol. The summed E-state index contributed by atoms with van der Waals surface area (Å²) in [6.45, 7) is 1.84. The minimum Gasteiger partial charge on any atom is -0.481 e. The van der Waals surface area contributed by atoms with Gasteiger partial charge in [0.25, 0.3) is 0 Å². The molecule has 2 heterocycles. The summed E-state index contributed by atoms with van der Waals surface area (Å²) in [4.78, 5) is 25.9. The molecule has 2 rings (SSSR count). The molecule has 1 aliphatic rings. The number of likely N-dealkylation sites (tertiary alicyclic amines) is 1. The lowest BCUT2D eigenvalue weighted by Crippen LogP contribution is -2.50. The van der Waals surface area contributed by atoms with E-state index in [9.17, 15) is 14.7 Å². The number of amides is 1. The van der Waals surface area contributed by atoms with Gasteiger partial charge in [0.05, 0.1) is 16.6 Å². The van der Waals surface area contributed by atoms with Crippen LogP contribution in [0, 0.1) is 5.41 Å². The molecule has 1 atom stereocenters. The Kier molecular flexibility index (Phi) is 6.62. The molecule has 1 N–H and O–H groups in total. The summed E-state index contributed by atoms with van der Waals surface area (Å²) >= 11 is 5.80. The van der Waals surface area contributed by atoms with Crippen molar-refractivity contribution in [2.45, 2.75) is 38.6 Å². The van der Waals surface area contributed by atoms with Gasteiger partial charge in [0.15, 0.2) is 0 Å². The first-order valence-corrected chi connectivity index (χ1v) is 8.53. The van der Waals surface area contributed by atoms with E-state index < -0.39 is 11.4 Å². The number of halogens is 1. The molecule has 0 aliphatic carbocycles. The molecule has 7 nitrogen and oxygen atoms in total. The number of piperidine rings is 1. The maximum Gasteiger partial charge on any atom is 0.311 e. The van der Waals surface area contributed by atoms with Crippen LogP contribution in [0.4, 0.5) is 0 Å². The fourth-order valence-electron chi connectivity index (χ4n) is 3.21. The van der Waals surface area contributed by atoms with E-state index in [-0.39, 0.29) is 18.9 Å². The Morgan fingerprint density at radius 3 is 2.92 bits per heavy atom. The molecule has 1 aromatic heterocycles. The molecule has 0 aromatic carbocycles. The summed E-state index contributed by atoms with van der Waals surface area (Å²) in [6, 6.07) is 0. The number of ether oxygens (including phenoxy) is 1. The second-order valence-electron chi connectivity index (χ2n) is 6.27. The standard InChI is InChI=1S/C16H24ClN3O4/c1-24-9-3-6-16(15(22)23)5-2-7-19(12-16)14(21)4-8-20-11-13(17)10-18-20/h10-11H,2-9,12H2,1H3,(H,22,23)/t16-/m0/s1. The van der Waals surface area contributed by atoms with Gasteiger partial charge in [-0.1, -0.05) is 11.6 Å². The largest absolute Gasteiger partial charge is 0.481 e. The van der Waals surface area contributed by atoms with Crippen LogP contribution in [0.1, 0.15) is 32.1 Å². The van der Waals surface area contributed by atoms with Gasteiger partial charge in [0.1, 0.15) is 0 Å². The third kappa shape index (κ3) is 4.70. The Morgan fingerprint density at radius 2 is 2.29 bits per heavy atom. The second kappa shape index (κ2) is 8.48. The molecule has 0 saturated carbocycles. The maximum absolute atomic E-state index is 12.5. The van der Waals surface area contributed by atoms with E-state index in [1.165, 1.54) is 6.20 Å². The predicted molar refractivity (Wildman–Crippen MR) is 88.8 cm³/mol. The number of rotatable bonds is 8. The van der Waals surface area contributed by atoms with Crippen LogP contribution in [-0.4, -0.2) is 58.5 Å². The van der Waals surface area contributed by atoms with Crippen molar-refractivity contribution in [3.05, 3.63) is 17.4 Å². The third-order valence-electron chi connectivity index (χ3n) is 4.54. The smallest absolute Gasteiger partial charge is 0.311 e. The molecule has 1 aliphatic heterocycles. The van der Waals surface area contributed by atoms with Crippen LogP contribution in [0.5, 0.6) is 0 Å². The lowest BCUT2D eigenvalue weighted by atomic mass is 9.76. The van der Waals surface area contributed by atoms with E-state index in [1.807, 2.05) is 0 Å². The number of aromatic nitrogens is 2. The van der Waals surface area contributed by atoms with Gasteiger partial charge in [-0.15, -0.1) is 0 Å². The van der Waals surface area contributed by atoms with Gasteiger partial charge in [-0.3, -0.25) is 14.3 Å². The summed E-state index contributed by atoms with van der Waals surface area (Å²) in [7, 11) is 1.60. The zero-order valence-corrected chi connectivity index (χ0v) is 14.7. The lowest BCUT2D eigenvalue weighted by molar-refractivity contribution is -0.155. The van der Waals surface area contributed by atoms with E-state index in [0.29, 0.717) is 50.4 Å². The van der Waals surface area contributed by atoms with Crippen LogP contribution in [0.2, 0.25) is 5.02 Å². The molecule has 1 aromatic rings. The second-order valence-corrected chi connectivity index (χ2v) is 6.71. The van der Waals surface area contributed by atoms with Gasteiger partial charge in [0, 0.05) is 46.0 Å². The van der Waals surface area contributed by atoms with Crippen molar-refractivity contribution < 1.29 is 19.4 Å². The summed E-state index contributed by atoms with van der Waals surface area (Å²) in [6.07, 6.45) is 5.98. The minimum atomic E-state index is -0.860. The number of hydrogen-bond acceptors (Lipinski definition) is 4. The van der Waals surface area contributed by atoms with Crippen LogP contribution in [-0.2, 0) is 20.9 Å². The van der Waals surface area contributed by atoms with Crippen molar-refractivity contribution in [1.29, 1.82) is 0 Å². The average molecular weight is 358 g/mol. The molecular formula is C16H24ClN3O4. The number of nitrogens with zero attached hydrogens (tertiary/aromatic N) is 3. The predicted octanol–water partition coefficient (Wildman–Crippen LogP) is 2.05. The fourth-order valence-corrected chi connectivity index (χ4v) is 3.37. The van der Waals surface area contributed by atoms with Gasteiger partial charge in [0.2, 0.25) is 5.91 Å². The molecule has 1 fully saturated rings. The topological polar surface area (TPSA) is 84.7 Å². The first kappa shape index (κ1) is 18.7. The fraction of sp³-hybridized carbons (Fsp3) is 0.688. The Hall–Kier alpha value is -1.60. The van der Waals surface area contributed by atoms with Gasteiger partial charge in [-0.2, -0.15) is 5.10 Å². The Morgan fingerprint density at radius 1 is 1.50 bits per heavy atom. The summed E-state index contributed by atoms with van der Waals surface area (Å²) in [5.74, 6) is -0.867. The van der Waals surface area contributed by atoms with Crippen molar-refractivity contribution in [2.75, 3.05) is 26.8 Å². The Balaban J connectivity index is 1.94. The highest BCUT2D eigenvalue weighted by atomic mass is 35.5. The third-order valence-corrected chi connectivity index (χ3v) is 4.74. The zero-order valence-electron chi connectivity index (χ0n) is 13.9. The van der Waals surface area contributed by atoms with Crippen molar-refractivity contribution in [3.8, 4) is 0 Å². The van der Waals surface area contributed by atoms with Crippen molar-refractivity contribution in [1.82, 2.24) is 14.7 Å². The average Bonchev–Trinajstić information content (AvgIpc) is 2.98. The molecule has 24 heavy (non-hydrogen) atoms. The SMILES string of the molecule is COCCC[C@@]1(C(=O)O)CCCN(C(=O)CCn2cc(Cl)cn2)C1. The molecule has 0 unspecified atom stereocenters. The number of carboxylic acid groups (broad SMARTS) is 1. The maximum atomic E-state index is 12.5. The van der Waals surface area contributed by atoms with Crippen LogP contribution in [0.25, 0.3) is 0 Å². The van der Waals surface area contributed by atoms with E-state index in [0.717, 1.165) is 0 Å². The number of aryl methyl sites for hydroxylation is 1. The van der Waals surface area contributed by atoms with Crippen molar-refractivity contribution in [2.24, 2.45) is 5.41 Å². The van der Waals surface area contributed by atoms with Gasteiger partial charge in [-0.05, 0) is 25.7 Å². The molecule has 0 radical (unpaired) electrons. The first-order chi connectivity index (χ1) is 11.5. The number of hydrogen-bond donors (Lipinski definition) is 1. The van der Waals surface area contributed by atoms with E-state index in [2.05, 4.69) is 5.10 Å². The quantitative estimate of drug-likeness (QED) is 0.720. The highest BCUT2D eigenvalue weighted by molar-refractivity contribution is 6.30. The highest BCUT2D eigenvalue weighted by Crippen LogP contribution is 2.35. The molecule has 0 spiro atoms. The molecule has 0 bridgehead atoms. The highest BCUT2D eigenvalue weighted by Gasteiger charge is 2.42. The zero-order chi connectivity index (χ0) is 17.6. The molecule has 1 amide bonds. The van der Waals surface area contributed by atoms with Crippen LogP contribution >= 0.6 is 11.6 Å². The van der Waals surface area contributed by atoms with Crippen LogP contribution in [0.3, 0.4) is 0 Å². The van der Waals surface area contributed by atoms with Gasteiger partial charge in [-0.25, -0.2) is 0 Å². The number of carbonyl (C=O) groups excluding carboxylic acids is 1. The number of carboxylic acids is 1. The summed E-state index contributed by atoms with van der Waals surface area (Å²) in [5.41, 5.74) is -0.860. The van der Waals surface area contributed by atoms with E-state index in [1.54, 1.807) is 22.9 Å². The Bertz CT molecular complexity index is 577. The van der Waals surface area contributed by atoms with Crippen LogP contribution in [0.15, 0.2) is 12.4 Å². The number of methoxy groups -OCH3 is 1. The molecule has 134 valence electrons. The van der Waals surface area contributed by atoms with E-state index >= 15 is 0 Å². The van der Waals surface area contributed by atoms with Gasteiger partial charge < -0.3 is 14.7 Å². The number of aliphatic carboxylic acids is 1. The minimum absolute atomic E-state index is 0.0429. The Labute approximate surface area is 146 Å². The van der Waals surface area contributed by atoms with Gasteiger partial charge >= 0.3 is 5.97 Å². The van der Waals surface area contributed by atoms with E-state index in [4.69, 9.17) is 16.3 Å². The normalized spacial score (nSPS) is 21.0. The van der Waals surface area contributed by atoms with Crippen LogP contribution < -0.4 is 0 Å². The lowest BCUT2D eigenvalue weighted by Gasteiger charge is -2.40. The monoisotopic (exact) mass is 357 g/mol. The van der Waals surface area contributed by atoms with Crippen molar-refractivity contribution >= 4 is 23.5 Å². The first-order valence-electron chi connectivity index (χ1n) is 8.15. The molecule has 1 saturated heterocycles. The molecule has 8 heteroatoms. The summed E-state index contributed by atoms with van der Waals surface area (Å²) < 4.78 is 6.65.